The van der Waals surface area contributed by atoms with E-state index in [0.717, 1.165) is 12.8 Å². The van der Waals surface area contributed by atoms with E-state index < -0.39 is 0 Å². The van der Waals surface area contributed by atoms with Crippen molar-refractivity contribution in [3.05, 3.63) is 12.0 Å². The Morgan fingerprint density at radius 2 is 2.70 bits per heavy atom. The van der Waals surface area contributed by atoms with Gasteiger partial charge in [0.1, 0.15) is 6.61 Å². The fraction of sp³-hybridized carbons (Fsp3) is 0.333. The lowest BCUT2D eigenvalue weighted by molar-refractivity contribution is 0.111. The van der Waals surface area contributed by atoms with Crippen LogP contribution in [0, 0.1) is 0 Å². The highest BCUT2D eigenvalue weighted by atomic mass is 16.5. The standard InChI is InChI=1S/C6H6N2O2/c9-4-5-7-3-6-8(5)1-2-10-6/h3-4H,1-2H2. The van der Waals surface area contributed by atoms with E-state index >= 15 is 0 Å². The van der Waals surface area contributed by atoms with Gasteiger partial charge in [-0.05, 0) is 0 Å². The van der Waals surface area contributed by atoms with Gasteiger partial charge >= 0.3 is 0 Å². The van der Waals surface area contributed by atoms with E-state index in [2.05, 4.69) is 4.98 Å². The molecule has 0 fully saturated rings. The maximum atomic E-state index is 10.3. The number of aromatic nitrogens is 2. The zero-order chi connectivity index (χ0) is 6.97. The van der Waals surface area contributed by atoms with E-state index in [0.29, 0.717) is 18.3 Å². The molecule has 2 heterocycles. The van der Waals surface area contributed by atoms with Gasteiger partial charge in [0.05, 0.1) is 12.7 Å². The lowest BCUT2D eigenvalue weighted by Crippen LogP contribution is -1.99. The zero-order valence-corrected chi connectivity index (χ0v) is 5.28. The first-order chi connectivity index (χ1) is 4.92. The molecule has 0 saturated heterocycles. The molecule has 0 unspecified atom stereocenters. The average Bonchev–Trinajstić information content (AvgIpc) is 2.44. The molecule has 52 valence electrons. The summed E-state index contributed by atoms with van der Waals surface area (Å²) >= 11 is 0. The number of aldehydes is 1. The van der Waals surface area contributed by atoms with E-state index in [1.807, 2.05) is 0 Å². The predicted molar refractivity (Wildman–Crippen MR) is 33.1 cm³/mol. The van der Waals surface area contributed by atoms with Crippen LogP contribution in [0.1, 0.15) is 10.6 Å². The smallest absolute Gasteiger partial charge is 0.214 e. The number of rotatable bonds is 1. The molecule has 0 spiro atoms. The monoisotopic (exact) mass is 138 g/mol. The van der Waals surface area contributed by atoms with Gasteiger partial charge in [-0.15, -0.1) is 0 Å². The number of carbonyl (C=O) groups is 1. The first-order valence-corrected chi connectivity index (χ1v) is 3.05. The molecule has 0 aliphatic carbocycles. The van der Waals surface area contributed by atoms with Gasteiger partial charge in [-0.1, -0.05) is 0 Å². The molecule has 0 bridgehead atoms. The Hall–Kier alpha value is -1.32. The van der Waals surface area contributed by atoms with Crippen LogP contribution in [0.2, 0.25) is 0 Å². The first kappa shape index (κ1) is 5.46. The maximum absolute atomic E-state index is 10.3. The highest BCUT2D eigenvalue weighted by molar-refractivity contribution is 5.69. The summed E-state index contributed by atoms with van der Waals surface area (Å²) in [6, 6.07) is 0. The average molecular weight is 138 g/mol. The summed E-state index contributed by atoms with van der Waals surface area (Å²) in [5.74, 6) is 1.15. The molecule has 1 aliphatic heterocycles. The summed E-state index contributed by atoms with van der Waals surface area (Å²) in [4.78, 5) is 14.1. The predicted octanol–water partition coefficient (Wildman–Crippen LogP) is 0.0880. The van der Waals surface area contributed by atoms with Gasteiger partial charge in [-0.2, -0.15) is 0 Å². The van der Waals surface area contributed by atoms with Gasteiger partial charge in [0.25, 0.3) is 0 Å². The maximum Gasteiger partial charge on any atom is 0.214 e. The number of ether oxygens (including phenoxy) is 1. The summed E-state index contributed by atoms with van der Waals surface area (Å²) in [5.41, 5.74) is 0. The second kappa shape index (κ2) is 1.83. The second-order valence-electron chi connectivity index (χ2n) is 2.07. The number of fused-ring (bicyclic) bond motifs is 1. The van der Waals surface area contributed by atoms with Crippen LogP contribution in [-0.4, -0.2) is 22.4 Å². The van der Waals surface area contributed by atoms with Gasteiger partial charge in [-0.25, -0.2) is 4.98 Å². The minimum atomic E-state index is 0.451. The van der Waals surface area contributed by atoms with Gasteiger partial charge in [0, 0.05) is 0 Å². The Morgan fingerprint density at radius 1 is 1.80 bits per heavy atom. The van der Waals surface area contributed by atoms with Crippen LogP contribution in [0.5, 0.6) is 5.88 Å². The molecule has 0 atom stereocenters. The molecule has 10 heavy (non-hydrogen) atoms. The quantitative estimate of drug-likeness (QED) is 0.516. The molecule has 1 aromatic rings. The highest BCUT2D eigenvalue weighted by Crippen LogP contribution is 2.17. The normalized spacial score (nSPS) is 14.4. The van der Waals surface area contributed by atoms with Crippen LogP contribution in [0.4, 0.5) is 0 Å². The molecule has 0 radical (unpaired) electrons. The molecule has 0 saturated carbocycles. The molecular weight excluding hydrogens is 132 g/mol. The largest absolute Gasteiger partial charge is 0.476 e. The van der Waals surface area contributed by atoms with E-state index in [-0.39, 0.29) is 0 Å². The van der Waals surface area contributed by atoms with E-state index in [1.165, 1.54) is 0 Å². The Bertz CT molecular complexity index is 267. The molecule has 1 aliphatic rings. The third kappa shape index (κ3) is 0.556. The summed E-state index contributed by atoms with van der Waals surface area (Å²) in [6.07, 6.45) is 2.30. The number of nitrogens with zero attached hydrogens (tertiary/aromatic N) is 2. The SMILES string of the molecule is O=Cc1ncc2n1CCO2. The lowest BCUT2D eigenvalue weighted by Gasteiger charge is -1.90. The van der Waals surface area contributed by atoms with Gasteiger partial charge in [-0.3, -0.25) is 9.36 Å². The molecule has 0 amide bonds. The lowest BCUT2D eigenvalue weighted by atomic mass is 10.6. The molecule has 0 aromatic carbocycles. The summed E-state index contributed by atoms with van der Waals surface area (Å²) in [6.45, 7) is 1.39. The van der Waals surface area contributed by atoms with Crippen molar-refractivity contribution in [2.45, 2.75) is 6.54 Å². The Kier molecular flexibility index (Phi) is 1.00. The molecule has 1 aromatic heterocycles. The third-order valence-electron chi connectivity index (χ3n) is 1.52. The van der Waals surface area contributed by atoms with Crippen molar-refractivity contribution in [2.24, 2.45) is 0 Å². The topological polar surface area (TPSA) is 44.1 Å². The molecule has 4 heteroatoms. The van der Waals surface area contributed by atoms with Crippen molar-refractivity contribution in [1.82, 2.24) is 9.55 Å². The van der Waals surface area contributed by atoms with Crippen molar-refractivity contribution < 1.29 is 9.53 Å². The number of imidazole rings is 1. The highest BCUT2D eigenvalue weighted by Gasteiger charge is 2.15. The molecule has 0 N–H and O–H groups in total. The third-order valence-corrected chi connectivity index (χ3v) is 1.52. The Balaban J connectivity index is 2.53. The summed E-state index contributed by atoms with van der Waals surface area (Å²) in [5, 5.41) is 0. The van der Waals surface area contributed by atoms with Crippen LogP contribution in [0.25, 0.3) is 0 Å². The van der Waals surface area contributed by atoms with Crippen molar-refractivity contribution >= 4 is 6.29 Å². The van der Waals surface area contributed by atoms with Crippen LogP contribution in [0.15, 0.2) is 6.20 Å². The van der Waals surface area contributed by atoms with Crippen LogP contribution in [0.3, 0.4) is 0 Å². The van der Waals surface area contributed by atoms with Gasteiger partial charge in [0.2, 0.25) is 5.88 Å². The first-order valence-electron chi connectivity index (χ1n) is 3.05. The fourth-order valence-corrected chi connectivity index (χ4v) is 1.05. The van der Waals surface area contributed by atoms with Gasteiger partial charge in [0.15, 0.2) is 12.1 Å². The van der Waals surface area contributed by atoms with E-state index in [9.17, 15) is 4.79 Å². The Labute approximate surface area is 57.4 Å². The van der Waals surface area contributed by atoms with Crippen LogP contribution in [-0.2, 0) is 6.54 Å². The number of hydrogen-bond donors (Lipinski definition) is 0. The minimum absolute atomic E-state index is 0.451. The zero-order valence-electron chi connectivity index (χ0n) is 5.28. The van der Waals surface area contributed by atoms with Crippen LogP contribution < -0.4 is 4.74 Å². The van der Waals surface area contributed by atoms with Gasteiger partial charge < -0.3 is 4.74 Å². The minimum Gasteiger partial charge on any atom is -0.476 e. The van der Waals surface area contributed by atoms with Crippen molar-refractivity contribution in [1.29, 1.82) is 0 Å². The molecular formula is C6H6N2O2. The summed E-state index contributed by atoms with van der Waals surface area (Å²) < 4.78 is 6.88. The van der Waals surface area contributed by atoms with E-state index in [1.54, 1.807) is 10.8 Å². The molecule has 4 nitrogen and oxygen atoms in total. The van der Waals surface area contributed by atoms with Crippen molar-refractivity contribution in [2.75, 3.05) is 6.61 Å². The van der Waals surface area contributed by atoms with Crippen LogP contribution >= 0.6 is 0 Å². The number of hydrogen-bond acceptors (Lipinski definition) is 3. The second-order valence-corrected chi connectivity index (χ2v) is 2.07. The number of carbonyl (C=O) groups excluding carboxylic acids is 1. The molecule has 2 rings (SSSR count). The van der Waals surface area contributed by atoms with E-state index in [4.69, 9.17) is 4.74 Å². The Morgan fingerprint density at radius 3 is 3.50 bits per heavy atom. The summed E-state index contributed by atoms with van der Waals surface area (Å²) in [7, 11) is 0. The fourth-order valence-electron chi connectivity index (χ4n) is 1.05. The van der Waals surface area contributed by atoms with Crippen molar-refractivity contribution in [3.63, 3.8) is 0 Å². The van der Waals surface area contributed by atoms with Crippen molar-refractivity contribution in [3.8, 4) is 5.88 Å².